The number of amides is 1. The van der Waals surface area contributed by atoms with Crippen LogP contribution in [0.15, 0.2) is 59.1 Å². The molecule has 0 bridgehead atoms. The average Bonchev–Trinajstić information content (AvgIpc) is 2.47. The molecule has 0 aliphatic rings. The maximum absolute atomic E-state index is 11.7. The molecule has 0 aromatic heterocycles. The molecule has 2 aromatic rings. The highest BCUT2D eigenvalue weighted by Crippen LogP contribution is 2.15. The molecule has 0 atom stereocenters. The Morgan fingerprint density at radius 1 is 1.10 bits per heavy atom. The van der Waals surface area contributed by atoms with Crippen LogP contribution < -0.4 is 15.4 Å². The molecule has 1 amide bonds. The van der Waals surface area contributed by atoms with Gasteiger partial charge in [0, 0.05) is 10.2 Å². The highest BCUT2D eigenvalue weighted by molar-refractivity contribution is 9.10. The van der Waals surface area contributed by atoms with Gasteiger partial charge in [-0.15, -0.1) is 0 Å². The topological polar surface area (TPSA) is 50.4 Å². The maximum atomic E-state index is 11.7. The van der Waals surface area contributed by atoms with Crippen molar-refractivity contribution in [2.24, 2.45) is 0 Å². The van der Waals surface area contributed by atoms with E-state index < -0.39 is 0 Å². The van der Waals surface area contributed by atoms with Gasteiger partial charge in [-0.1, -0.05) is 34.1 Å². The summed E-state index contributed by atoms with van der Waals surface area (Å²) in [5.41, 5.74) is 0.816. The van der Waals surface area contributed by atoms with Crippen molar-refractivity contribution in [2.75, 3.05) is 11.9 Å². The molecule has 0 aliphatic heterocycles. The molecule has 21 heavy (non-hydrogen) atoms. The van der Waals surface area contributed by atoms with Gasteiger partial charge in [0.25, 0.3) is 5.91 Å². The van der Waals surface area contributed by atoms with Gasteiger partial charge in [-0.25, -0.2) is 0 Å². The van der Waals surface area contributed by atoms with Crippen LogP contribution in [0.2, 0.25) is 0 Å². The molecule has 2 N–H and O–H groups in total. The van der Waals surface area contributed by atoms with E-state index in [2.05, 4.69) is 26.6 Å². The fraction of sp³-hybridized carbons (Fsp3) is 0.0667. The van der Waals surface area contributed by atoms with Gasteiger partial charge >= 0.3 is 0 Å². The van der Waals surface area contributed by atoms with E-state index in [0.717, 1.165) is 10.2 Å². The minimum Gasteiger partial charge on any atom is -0.484 e. The summed E-state index contributed by atoms with van der Waals surface area (Å²) in [6.45, 7) is -0.0990. The highest BCUT2D eigenvalue weighted by Gasteiger charge is 2.06. The lowest BCUT2D eigenvalue weighted by molar-refractivity contribution is -0.121. The Balaban J connectivity index is 1.76. The van der Waals surface area contributed by atoms with Crippen LogP contribution in [0.4, 0.5) is 5.69 Å². The molecule has 6 heteroatoms. The van der Waals surface area contributed by atoms with Gasteiger partial charge in [-0.2, -0.15) is 0 Å². The zero-order valence-corrected chi connectivity index (χ0v) is 13.4. The average molecular weight is 365 g/mol. The fourth-order valence-corrected chi connectivity index (χ4v) is 2.02. The molecule has 0 fully saturated rings. The normalized spacial score (nSPS) is 9.76. The first-order valence-corrected chi connectivity index (χ1v) is 7.38. The number of carbonyl (C=O) groups excluding carboxylic acids is 1. The Morgan fingerprint density at radius 2 is 1.76 bits per heavy atom. The monoisotopic (exact) mass is 364 g/mol. The summed E-state index contributed by atoms with van der Waals surface area (Å²) >= 11 is 8.38. The summed E-state index contributed by atoms with van der Waals surface area (Å²) in [6.07, 6.45) is 0. The summed E-state index contributed by atoms with van der Waals surface area (Å²) in [6, 6.07) is 16.6. The number of rotatable bonds is 4. The molecule has 4 nitrogen and oxygen atoms in total. The van der Waals surface area contributed by atoms with Gasteiger partial charge in [-0.3, -0.25) is 10.1 Å². The second-order valence-electron chi connectivity index (χ2n) is 4.11. The third-order valence-corrected chi connectivity index (χ3v) is 3.20. The largest absolute Gasteiger partial charge is 0.484 e. The van der Waals surface area contributed by atoms with Crippen molar-refractivity contribution in [3.8, 4) is 5.75 Å². The van der Waals surface area contributed by atoms with Crippen LogP contribution in [0.5, 0.6) is 5.75 Å². The Kier molecular flexibility index (Phi) is 5.71. The zero-order valence-electron chi connectivity index (χ0n) is 11.0. The number of benzene rings is 2. The molecule has 0 unspecified atom stereocenters. The van der Waals surface area contributed by atoms with E-state index in [1.807, 2.05) is 42.5 Å². The standard InChI is InChI=1S/C15H13BrN2O2S/c16-11-6-8-13(9-7-11)20-10-14(19)18-15(21)17-12-4-2-1-3-5-12/h1-9H,10H2,(H2,17,18,19,21). The Bertz CT molecular complexity index is 617. The third kappa shape index (κ3) is 5.53. The van der Waals surface area contributed by atoms with Gasteiger partial charge in [0.05, 0.1) is 0 Å². The summed E-state index contributed by atoms with van der Waals surface area (Å²) in [7, 11) is 0. The van der Waals surface area contributed by atoms with Gasteiger partial charge in [0.15, 0.2) is 11.7 Å². The van der Waals surface area contributed by atoms with Crippen LogP contribution >= 0.6 is 28.1 Å². The van der Waals surface area contributed by atoms with E-state index >= 15 is 0 Å². The van der Waals surface area contributed by atoms with E-state index in [4.69, 9.17) is 17.0 Å². The predicted molar refractivity (Wildman–Crippen MR) is 90.4 cm³/mol. The Morgan fingerprint density at radius 3 is 2.43 bits per heavy atom. The van der Waals surface area contributed by atoms with E-state index in [-0.39, 0.29) is 17.6 Å². The lowest BCUT2D eigenvalue weighted by Gasteiger charge is -2.10. The van der Waals surface area contributed by atoms with Crippen molar-refractivity contribution in [2.45, 2.75) is 0 Å². The number of hydrogen-bond donors (Lipinski definition) is 2. The Labute approximate surface area is 136 Å². The molecule has 0 heterocycles. The van der Waals surface area contributed by atoms with Crippen LogP contribution in [0.3, 0.4) is 0 Å². The first-order chi connectivity index (χ1) is 10.1. The molecule has 0 aliphatic carbocycles. The van der Waals surface area contributed by atoms with Crippen molar-refractivity contribution in [1.29, 1.82) is 0 Å². The van der Waals surface area contributed by atoms with Crippen molar-refractivity contribution in [3.05, 3.63) is 59.1 Å². The minimum atomic E-state index is -0.314. The van der Waals surface area contributed by atoms with Crippen LogP contribution in [0.25, 0.3) is 0 Å². The van der Waals surface area contributed by atoms with Gasteiger partial charge in [-0.05, 0) is 48.6 Å². The van der Waals surface area contributed by atoms with E-state index in [9.17, 15) is 4.79 Å². The molecular formula is C15H13BrN2O2S. The van der Waals surface area contributed by atoms with E-state index in [1.165, 1.54) is 0 Å². The molecule has 2 aromatic carbocycles. The highest BCUT2D eigenvalue weighted by atomic mass is 79.9. The third-order valence-electron chi connectivity index (χ3n) is 2.47. The number of ether oxygens (including phenoxy) is 1. The van der Waals surface area contributed by atoms with E-state index in [0.29, 0.717) is 5.75 Å². The summed E-state index contributed by atoms with van der Waals surface area (Å²) in [5, 5.41) is 5.71. The molecule has 2 rings (SSSR count). The fourth-order valence-electron chi connectivity index (χ4n) is 1.53. The minimum absolute atomic E-state index is 0.0990. The zero-order chi connectivity index (χ0) is 15.1. The van der Waals surface area contributed by atoms with Crippen LogP contribution in [0.1, 0.15) is 0 Å². The van der Waals surface area contributed by atoms with Crippen molar-refractivity contribution < 1.29 is 9.53 Å². The second kappa shape index (κ2) is 7.75. The summed E-state index contributed by atoms with van der Waals surface area (Å²) in [4.78, 5) is 11.7. The number of thiocarbonyl (C=S) groups is 1. The van der Waals surface area contributed by atoms with Gasteiger partial charge in [0.1, 0.15) is 5.75 Å². The van der Waals surface area contributed by atoms with Crippen molar-refractivity contribution in [1.82, 2.24) is 5.32 Å². The first kappa shape index (κ1) is 15.5. The lowest BCUT2D eigenvalue weighted by Crippen LogP contribution is -2.37. The smallest absolute Gasteiger partial charge is 0.264 e. The molecule has 0 radical (unpaired) electrons. The quantitative estimate of drug-likeness (QED) is 0.816. The van der Waals surface area contributed by atoms with Crippen LogP contribution in [-0.2, 0) is 4.79 Å². The van der Waals surface area contributed by atoms with Crippen LogP contribution in [-0.4, -0.2) is 17.6 Å². The lowest BCUT2D eigenvalue weighted by atomic mass is 10.3. The van der Waals surface area contributed by atoms with Crippen molar-refractivity contribution >= 4 is 44.9 Å². The van der Waals surface area contributed by atoms with E-state index in [1.54, 1.807) is 12.1 Å². The number of nitrogens with one attached hydrogen (secondary N) is 2. The Hall–Kier alpha value is -1.92. The molecule has 0 saturated carbocycles. The number of hydrogen-bond acceptors (Lipinski definition) is 3. The molecule has 0 spiro atoms. The maximum Gasteiger partial charge on any atom is 0.264 e. The number of carbonyl (C=O) groups is 1. The molecule has 108 valence electrons. The van der Waals surface area contributed by atoms with Gasteiger partial charge < -0.3 is 10.1 Å². The molecule has 0 saturated heterocycles. The predicted octanol–water partition coefficient (Wildman–Crippen LogP) is 3.34. The van der Waals surface area contributed by atoms with Crippen molar-refractivity contribution in [3.63, 3.8) is 0 Å². The van der Waals surface area contributed by atoms with Crippen LogP contribution in [0, 0.1) is 0 Å². The molecular weight excluding hydrogens is 352 g/mol. The van der Waals surface area contributed by atoms with Gasteiger partial charge in [0.2, 0.25) is 0 Å². The number of anilines is 1. The SMILES string of the molecule is O=C(COc1ccc(Br)cc1)NC(=S)Nc1ccccc1. The summed E-state index contributed by atoms with van der Waals surface area (Å²) < 4.78 is 6.31. The number of halogens is 1. The summed E-state index contributed by atoms with van der Waals surface area (Å²) in [5.74, 6) is 0.307. The number of para-hydroxylation sites is 1. The first-order valence-electron chi connectivity index (χ1n) is 6.18. The second-order valence-corrected chi connectivity index (χ2v) is 5.43.